The van der Waals surface area contributed by atoms with Crippen molar-refractivity contribution in [1.29, 1.82) is 0 Å². The maximum absolute atomic E-state index is 0. The van der Waals surface area contributed by atoms with Gasteiger partial charge in [-0.05, 0) is 0 Å². The summed E-state index contributed by atoms with van der Waals surface area (Å²) in [6, 6.07) is 0. The van der Waals surface area contributed by atoms with Gasteiger partial charge in [-0.25, -0.2) is 0 Å². The van der Waals surface area contributed by atoms with Crippen LogP contribution < -0.4 is 0 Å². The summed E-state index contributed by atoms with van der Waals surface area (Å²) in [6.45, 7) is 0. The van der Waals surface area contributed by atoms with Crippen molar-refractivity contribution in [3.05, 3.63) is 0 Å². The molecule has 0 radical (unpaired) electrons. The van der Waals surface area contributed by atoms with Crippen molar-refractivity contribution in [1.82, 2.24) is 0 Å². The van der Waals surface area contributed by atoms with Crippen LogP contribution in [-0.4, -0.2) is 44.7 Å². The van der Waals surface area contributed by atoms with Crippen molar-refractivity contribution in [3.63, 3.8) is 0 Å². The first-order valence-electron chi connectivity index (χ1n) is 0. The second-order valence-electron chi connectivity index (χ2n) is 0. The normalized spacial score (nSPS) is 0. The van der Waals surface area contributed by atoms with Crippen molar-refractivity contribution in [2.24, 2.45) is 0 Å². The van der Waals surface area contributed by atoms with Gasteiger partial charge in [0.2, 0.25) is 0 Å². The van der Waals surface area contributed by atoms with E-state index in [1.807, 2.05) is 0 Å². The van der Waals surface area contributed by atoms with Crippen molar-refractivity contribution in [2.75, 3.05) is 0 Å². The van der Waals surface area contributed by atoms with Crippen LogP contribution in [0.25, 0.3) is 0 Å². The van der Waals surface area contributed by atoms with E-state index in [2.05, 4.69) is 0 Å². The van der Waals surface area contributed by atoms with Crippen molar-refractivity contribution < 1.29 is 43.9 Å². The van der Waals surface area contributed by atoms with E-state index in [0.717, 1.165) is 0 Å². The van der Waals surface area contributed by atoms with Crippen LogP contribution in [0.1, 0.15) is 0 Å². The summed E-state index contributed by atoms with van der Waals surface area (Å²) in [6.07, 6.45) is 0. The molecular formula is H7AlNiO5. The summed E-state index contributed by atoms with van der Waals surface area (Å²) in [5, 5.41) is 0. The van der Waals surface area contributed by atoms with Crippen LogP contribution in [0.4, 0.5) is 0 Å². The standard InChI is InChI=1S/Al.Ni.5H2O/h;;5*1H2/q+3;;;;;;/p-3. The second kappa shape index (κ2) is 340. The summed E-state index contributed by atoms with van der Waals surface area (Å²) in [5.41, 5.74) is 0. The van der Waals surface area contributed by atoms with Crippen LogP contribution in [0.5, 0.6) is 0 Å². The third-order valence-electron chi connectivity index (χ3n) is 0. The average molecular weight is 173 g/mol. The predicted molar refractivity (Wildman–Crippen MR) is 18.8 cm³/mol. The van der Waals surface area contributed by atoms with Crippen molar-refractivity contribution in [3.8, 4) is 0 Å². The Morgan fingerprint density at radius 3 is 0.571 bits per heavy atom. The number of hydrogen-bond donors (Lipinski definition) is 0. The van der Waals surface area contributed by atoms with Crippen LogP contribution in [0.2, 0.25) is 0 Å². The molecule has 0 unspecified atom stereocenters. The molecule has 50 valence electrons. The van der Waals surface area contributed by atoms with E-state index in [-0.39, 0.29) is 61.2 Å². The summed E-state index contributed by atoms with van der Waals surface area (Å²) in [7, 11) is 0. The van der Waals surface area contributed by atoms with Gasteiger partial charge in [0.1, 0.15) is 0 Å². The SMILES string of the molecule is O.O.[Al+3].[Ni].[OH-].[OH-].[OH-]. The third-order valence-corrected chi connectivity index (χ3v) is 0. The van der Waals surface area contributed by atoms with Crippen molar-refractivity contribution >= 4 is 17.4 Å². The molecule has 0 heterocycles. The summed E-state index contributed by atoms with van der Waals surface area (Å²) >= 11 is 0. The van der Waals surface area contributed by atoms with E-state index in [1.165, 1.54) is 0 Å². The molecule has 0 amide bonds. The third kappa shape index (κ3) is 233. The smallest absolute Gasteiger partial charge is 0.870 e. The van der Waals surface area contributed by atoms with Gasteiger partial charge in [0.05, 0.1) is 0 Å². The predicted octanol–water partition coefficient (Wildman–Crippen LogP) is -2.56. The van der Waals surface area contributed by atoms with E-state index < -0.39 is 0 Å². The molecule has 0 fully saturated rings. The average Bonchev–Trinajstić information content (AvgIpc) is 0. The molecule has 0 bridgehead atoms. The largest absolute Gasteiger partial charge is 3.00 e. The fourth-order valence-electron chi connectivity index (χ4n) is 0. The van der Waals surface area contributed by atoms with E-state index >= 15 is 0 Å². The van der Waals surface area contributed by atoms with Gasteiger partial charge in [0.15, 0.2) is 0 Å². The Morgan fingerprint density at radius 2 is 0.571 bits per heavy atom. The zero-order valence-electron chi connectivity index (χ0n) is 3.24. The van der Waals surface area contributed by atoms with Gasteiger partial charge in [-0.2, -0.15) is 0 Å². The maximum Gasteiger partial charge on any atom is 3.00 e. The first-order valence-corrected chi connectivity index (χ1v) is 0. The fraction of sp³-hybridized carbons (Fsp3) is 0. The zero-order valence-corrected chi connectivity index (χ0v) is 5.38. The van der Waals surface area contributed by atoms with Crippen molar-refractivity contribution in [2.45, 2.75) is 0 Å². The molecule has 7 heteroatoms. The summed E-state index contributed by atoms with van der Waals surface area (Å²) in [5.74, 6) is 0. The Labute approximate surface area is 61.7 Å². The first kappa shape index (κ1) is 534. The van der Waals surface area contributed by atoms with Gasteiger partial charge in [-0.1, -0.05) is 0 Å². The molecular weight excluding hydrogens is 166 g/mol. The van der Waals surface area contributed by atoms with Gasteiger partial charge in [-0.15, -0.1) is 0 Å². The Balaban J connectivity index is 0. The van der Waals surface area contributed by atoms with Crippen LogP contribution in [-0.2, 0) is 16.5 Å². The van der Waals surface area contributed by atoms with Crippen LogP contribution >= 0.6 is 0 Å². The van der Waals surface area contributed by atoms with Crippen LogP contribution in [0, 0.1) is 0 Å². The maximum atomic E-state index is 0. The molecule has 0 aromatic heterocycles. The molecule has 0 atom stereocenters. The second-order valence-corrected chi connectivity index (χ2v) is 0. The minimum absolute atomic E-state index is 0. The quantitative estimate of drug-likeness (QED) is 0.369. The van der Waals surface area contributed by atoms with E-state index in [4.69, 9.17) is 0 Å². The first-order chi connectivity index (χ1) is 0. The van der Waals surface area contributed by atoms with Gasteiger partial charge in [-0.3, -0.25) is 0 Å². The van der Waals surface area contributed by atoms with Crippen LogP contribution in [0.15, 0.2) is 0 Å². The van der Waals surface area contributed by atoms with Gasteiger partial charge < -0.3 is 27.4 Å². The Hall–Kier alpha value is 0.826. The molecule has 7 N–H and O–H groups in total. The van der Waals surface area contributed by atoms with Crippen LogP contribution in [0.3, 0.4) is 0 Å². The number of hydrogen-bond acceptors (Lipinski definition) is 3. The van der Waals surface area contributed by atoms with E-state index in [9.17, 15) is 0 Å². The minimum atomic E-state index is 0. The molecule has 0 rings (SSSR count). The van der Waals surface area contributed by atoms with E-state index in [0.29, 0.717) is 0 Å². The molecule has 0 saturated heterocycles. The molecule has 5 nitrogen and oxygen atoms in total. The molecule has 7 heavy (non-hydrogen) atoms. The Kier molecular flexibility index (Phi) is 25900. The van der Waals surface area contributed by atoms with Gasteiger partial charge in [0, 0.05) is 16.5 Å². The minimum Gasteiger partial charge on any atom is -0.870 e. The molecule has 0 aromatic rings. The molecule has 0 saturated carbocycles. The summed E-state index contributed by atoms with van der Waals surface area (Å²) in [4.78, 5) is 0. The Morgan fingerprint density at radius 1 is 0.571 bits per heavy atom. The molecule has 0 aromatic carbocycles. The fourth-order valence-corrected chi connectivity index (χ4v) is 0. The molecule has 0 spiro atoms. The van der Waals surface area contributed by atoms with E-state index in [1.54, 1.807) is 0 Å². The number of rotatable bonds is 0. The zero-order chi connectivity index (χ0) is 0. The topological polar surface area (TPSA) is 153 Å². The molecule has 0 aliphatic carbocycles. The summed E-state index contributed by atoms with van der Waals surface area (Å²) < 4.78 is 0. The van der Waals surface area contributed by atoms with Gasteiger partial charge >= 0.3 is 17.4 Å². The Bertz CT molecular complexity index is 8.04. The monoisotopic (exact) mass is 172 g/mol. The molecule has 0 aliphatic rings. The van der Waals surface area contributed by atoms with Gasteiger partial charge in [0.25, 0.3) is 0 Å². The molecule has 0 aliphatic heterocycles.